The van der Waals surface area contributed by atoms with E-state index in [9.17, 15) is 0 Å². The van der Waals surface area contributed by atoms with Crippen molar-refractivity contribution in [3.05, 3.63) is 29.8 Å². The van der Waals surface area contributed by atoms with E-state index >= 15 is 0 Å². The number of nitrogens with one attached hydrogen (secondary N) is 1. The first kappa shape index (κ1) is 15.0. The fraction of sp³-hybridized carbons (Fsp3) is 0.625. The normalized spacial score (nSPS) is 12.4. The highest BCUT2D eigenvalue weighted by atomic mass is 16.5. The van der Waals surface area contributed by atoms with Crippen LogP contribution in [0.25, 0.3) is 0 Å². The van der Waals surface area contributed by atoms with E-state index in [1.165, 1.54) is 31.2 Å². The van der Waals surface area contributed by atoms with Crippen molar-refractivity contribution in [2.24, 2.45) is 0 Å². The van der Waals surface area contributed by atoms with Crippen molar-refractivity contribution in [3.8, 4) is 5.75 Å². The Kier molecular flexibility index (Phi) is 7.51. The Morgan fingerprint density at radius 3 is 2.39 bits per heavy atom. The van der Waals surface area contributed by atoms with Gasteiger partial charge in [0.05, 0.1) is 6.61 Å². The van der Waals surface area contributed by atoms with E-state index in [1.807, 2.05) is 19.1 Å². The summed E-state index contributed by atoms with van der Waals surface area (Å²) in [6.07, 6.45) is 5.25. The molecular weight excluding hydrogens is 222 g/mol. The van der Waals surface area contributed by atoms with Gasteiger partial charge in [-0.15, -0.1) is 0 Å². The monoisotopic (exact) mass is 249 g/mol. The lowest BCUT2D eigenvalue weighted by Gasteiger charge is -2.14. The molecule has 0 fully saturated rings. The van der Waals surface area contributed by atoms with E-state index < -0.39 is 0 Å². The molecule has 0 spiro atoms. The topological polar surface area (TPSA) is 21.3 Å². The first-order valence-electron chi connectivity index (χ1n) is 7.24. The van der Waals surface area contributed by atoms with Gasteiger partial charge in [-0.1, -0.05) is 38.3 Å². The number of unbranched alkanes of at least 4 members (excludes halogenated alkanes) is 3. The summed E-state index contributed by atoms with van der Waals surface area (Å²) in [7, 11) is 0. The van der Waals surface area contributed by atoms with E-state index in [0.29, 0.717) is 6.04 Å². The Bertz CT molecular complexity index is 307. The Hall–Kier alpha value is -1.02. The van der Waals surface area contributed by atoms with Crippen LogP contribution in [-0.2, 0) is 0 Å². The molecule has 102 valence electrons. The van der Waals surface area contributed by atoms with Crippen molar-refractivity contribution in [2.75, 3.05) is 13.2 Å². The third-order valence-corrected chi connectivity index (χ3v) is 3.17. The van der Waals surface area contributed by atoms with Crippen LogP contribution >= 0.6 is 0 Å². The van der Waals surface area contributed by atoms with Gasteiger partial charge in [0.2, 0.25) is 0 Å². The molecule has 1 rings (SSSR count). The number of hydrogen-bond acceptors (Lipinski definition) is 2. The molecule has 0 aliphatic carbocycles. The minimum absolute atomic E-state index is 0.419. The van der Waals surface area contributed by atoms with Crippen molar-refractivity contribution in [3.63, 3.8) is 0 Å². The molecule has 0 heterocycles. The zero-order chi connectivity index (χ0) is 13.2. The van der Waals surface area contributed by atoms with Gasteiger partial charge in [0.15, 0.2) is 0 Å². The van der Waals surface area contributed by atoms with Gasteiger partial charge in [-0.2, -0.15) is 0 Å². The fourth-order valence-electron chi connectivity index (χ4n) is 2.01. The van der Waals surface area contributed by atoms with E-state index in [2.05, 4.69) is 31.3 Å². The summed E-state index contributed by atoms with van der Waals surface area (Å²) in [6.45, 7) is 8.30. The molecule has 1 atom stereocenters. The van der Waals surface area contributed by atoms with Crippen molar-refractivity contribution in [1.29, 1.82) is 0 Å². The maximum absolute atomic E-state index is 5.45. The molecule has 0 saturated heterocycles. The standard InChI is InChI=1S/C16H27NO/c1-4-6-7-8-13-17-14(3)15-9-11-16(12-10-15)18-5-2/h9-12,14,17H,4-8,13H2,1-3H3. The Balaban J connectivity index is 2.30. The molecule has 0 aromatic heterocycles. The molecule has 0 aliphatic rings. The van der Waals surface area contributed by atoms with Crippen LogP contribution < -0.4 is 10.1 Å². The highest BCUT2D eigenvalue weighted by molar-refractivity contribution is 5.28. The Labute approximate surface area is 112 Å². The summed E-state index contributed by atoms with van der Waals surface area (Å²) in [6, 6.07) is 8.81. The highest BCUT2D eigenvalue weighted by Crippen LogP contribution is 2.17. The Morgan fingerprint density at radius 2 is 1.78 bits per heavy atom. The second-order valence-electron chi connectivity index (χ2n) is 4.74. The van der Waals surface area contributed by atoms with Crippen molar-refractivity contribution >= 4 is 0 Å². The van der Waals surface area contributed by atoms with Crippen molar-refractivity contribution in [2.45, 2.75) is 52.5 Å². The lowest BCUT2D eigenvalue weighted by atomic mass is 10.1. The van der Waals surface area contributed by atoms with Gasteiger partial charge < -0.3 is 10.1 Å². The summed E-state index contributed by atoms with van der Waals surface area (Å²) < 4.78 is 5.45. The third-order valence-electron chi connectivity index (χ3n) is 3.17. The average molecular weight is 249 g/mol. The average Bonchev–Trinajstić information content (AvgIpc) is 2.39. The third kappa shape index (κ3) is 5.54. The number of ether oxygens (including phenoxy) is 1. The number of hydrogen-bond donors (Lipinski definition) is 1. The van der Waals surface area contributed by atoms with E-state index in [4.69, 9.17) is 4.74 Å². The van der Waals surface area contributed by atoms with Gasteiger partial charge in [-0.05, 0) is 44.5 Å². The van der Waals surface area contributed by atoms with Crippen molar-refractivity contribution in [1.82, 2.24) is 5.32 Å². The zero-order valence-electron chi connectivity index (χ0n) is 12.0. The molecule has 0 amide bonds. The lowest BCUT2D eigenvalue weighted by Crippen LogP contribution is -2.19. The second kappa shape index (κ2) is 8.98. The second-order valence-corrected chi connectivity index (χ2v) is 4.74. The molecule has 0 saturated carbocycles. The molecule has 1 N–H and O–H groups in total. The van der Waals surface area contributed by atoms with Crippen LogP contribution in [0.4, 0.5) is 0 Å². The predicted molar refractivity (Wildman–Crippen MR) is 78.2 cm³/mol. The molecule has 0 aliphatic heterocycles. The molecule has 2 heteroatoms. The van der Waals surface area contributed by atoms with E-state index in [0.717, 1.165) is 18.9 Å². The van der Waals surface area contributed by atoms with Crippen LogP contribution in [0.1, 0.15) is 58.1 Å². The van der Waals surface area contributed by atoms with Crippen LogP contribution in [0, 0.1) is 0 Å². The SMILES string of the molecule is CCCCCCNC(C)c1ccc(OCC)cc1. The van der Waals surface area contributed by atoms with Crippen LogP contribution in [0.3, 0.4) is 0 Å². The zero-order valence-corrected chi connectivity index (χ0v) is 12.0. The molecule has 0 radical (unpaired) electrons. The molecule has 1 unspecified atom stereocenters. The van der Waals surface area contributed by atoms with Crippen LogP contribution in [0.5, 0.6) is 5.75 Å². The predicted octanol–water partition coefficient (Wildman–Crippen LogP) is 4.32. The van der Waals surface area contributed by atoms with Gasteiger partial charge >= 0.3 is 0 Å². The van der Waals surface area contributed by atoms with E-state index in [-0.39, 0.29) is 0 Å². The first-order chi connectivity index (χ1) is 8.77. The van der Waals surface area contributed by atoms with Gasteiger partial charge in [-0.3, -0.25) is 0 Å². The lowest BCUT2D eigenvalue weighted by molar-refractivity contribution is 0.340. The smallest absolute Gasteiger partial charge is 0.119 e. The molecule has 2 nitrogen and oxygen atoms in total. The van der Waals surface area contributed by atoms with Gasteiger partial charge in [0, 0.05) is 6.04 Å². The summed E-state index contributed by atoms with van der Waals surface area (Å²) >= 11 is 0. The molecule has 0 bridgehead atoms. The summed E-state index contributed by atoms with van der Waals surface area (Å²) in [4.78, 5) is 0. The fourth-order valence-corrected chi connectivity index (χ4v) is 2.01. The Morgan fingerprint density at radius 1 is 1.06 bits per heavy atom. The highest BCUT2D eigenvalue weighted by Gasteiger charge is 2.04. The summed E-state index contributed by atoms with van der Waals surface area (Å²) in [5, 5.41) is 3.57. The molecule has 1 aromatic carbocycles. The quantitative estimate of drug-likeness (QED) is 0.658. The summed E-state index contributed by atoms with van der Waals surface area (Å²) in [5.41, 5.74) is 1.33. The molecule has 18 heavy (non-hydrogen) atoms. The minimum Gasteiger partial charge on any atom is -0.494 e. The van der Waals surface area contributed by atoms with Crippen LogP contribution in [0.15, 0.2) is 24.3 Å². The maximum Gasteiger partial charge on any atom is 0.119 e. The maximum atomic E-state index is 5.45. The van der Waals surface area contributed by atoms with Gasteiger partial charge in [0.1, 0.15) is 5.75 Å². The largest absolute Gasteiger partial charge is 0.494 e. The van der Waals surface area contributed by atoms with Gasteiger partial charge in [0.25, 0.3) is 0 Å². The number of benzene rings is 1. The van der Waals surface area contributed by atoms with Crippen molar-refractivity contribution < 1.29 is 4.74 Å². The first-order valence-corrected chi connectivity index (χ1v) is 7.24. The summed E-state index contributed by atoms with van der Waals surface area (Å²) in [5.74, 6) is 0.955. The van der Waals surface area contributed by atoms with Crippen LogP contribution in [-0.4, -0.2) is 13.2 Å². The van der Waals surface area contributed by atoms with Crippen LogP contribution in [0.2, 0.25) is 0 Å². The minimum atomic E-state index is 0.419. The van der Waals surface area contributed by atoms with E-state index in [1.54, 1.807) is 0 Å². The number of rotatable bonds is 9. The molecular formula is C16H27NO. The van der Waals surface area contributed by atoms with Gasteiger partial charge in [-0.25, -0.2) is 0 Å². The molecule has 1 aromatic rings.